The number of amides is 1. The second-order valence-electron chi connectivity index (χ2n) is 6.78. The Morgan fingerprint density at radius 1 is 1.26 bits per heavy atom. The second-order valence-corrected chi connectivity index (χ2v) is 9.75. The summed E-state index contributed by atoms with van der Waals surface area (Å²) in [4.78, 5) is 14.6. The minimum Gasteiger partial charge on any atom is -0.488 e. The summed E-state index contributed by atoms with van der Waals surface area (Å²) < 4.78 is 33.5. The van der Waals surface area contributed by atoms with Gasteiger partial charge in [-0.25, -0.2) is 8.42 Å². The van der Waals surface area contributed by atoms with E-state index in [0.717, 1.165) is 22.8 Å². The van der Waals surface area contributed by atoms with Crippen molar-refractivity contribution in [1.82, 2.24) is 14.5 Å². The van der Waals surface area contributed by atoms with Gasteiger partial charge < -0.3 is 9.64 Å². The van der Waals surface area contributed by atoms with Crippen LogP contribution in [0.25, 0.3) is 6.08 Å². The predicted octanol–water partition coefficient (Wildman–Crippen LogP) is 2.12. The molecule has 0 aliphatic carbocycles. The summed E-state index contributed by atoms with van der Waals surface area (Å²) in [5, 5.41) is 4.05. The number of likely N-dealkylation sites (tertiary alicyclic amines) is 1. The maximum atomic E-state index is 12.8. The number of aromatic nitrogens is 2. The van der Waals surface area contributed by atoms with Crippen molar-refractivity contribution in [2.24, 2.45) is 0 Å². The van der Waals surface area contributed by atoms with Gasteiger partial charge in [-0.05, 0) is 25.0 Å². The third-order valence-electron chi connectivity index (χ3n) is 4.89. The van der Waals surface area contributed by atoms with Crippen LogP contribution in [0.1, 0.15) is 30.0 Å². The van der Waals surface area contributed by atoms with E-state index < -0.39 is 9.84 Å². The molecule has 0 atom stereocenters. The summed E-state index contributed by atoms with van der Waals surface area (Å²) in [6.45, 7) is 1.39. The highest BCUT2D eigenvalue weighted by Crippen LogP contribution is 2.33. The first-order valence-corrected chi connectivity index (χ1v) is 11.3. The number of ether oxygens (including phenoxy) is 1. The van der Waals surface area contributed by atoms with Gasteiger partial charge in [-0.2, -0.15) is 0 Å². The number of carbonyl (C=O) groups is 1. The molecule has 0 unspecified atom stereocenters. The van der Waals surface area contributed by atoms with Gasteiger partial charge in [-0.15, -0.1) is 5.10 Å². The molecule has 3 heterocycles. The fourth-order valence-electron chi connectivity index (χ4n) is 3.49. The minimum absolute atomic E-state index is 0.00911. The van der Waals surface area contributed by atoms with Crippen molar-refractivity contribution in [3.8, 4) is 5.75 Å². The molecule has 9 heteroatoms. The van der Waals surface area contributed by atoms with Crippen LogP contribution in [0, 0.1) is 0 Å². The molecule has 2 aromatic rings. The lowest BCUT2D eigenvalue weighted by Gasteiger charge is -2.32. The molecule has 1 saturated heterocycles. The molecule has 0 bridgehead atoms. The Balaban J connectivity index is 1.45. The van der Waals surface area contributed by atoms with Gasteiger partial charge in [0.2, 0.25) is 0 Å². The fraction of sp³-hybridized carbons (Fsp3) is 0.389. The number of carbonyl (C=O) groups excluding carboxylic acids is 1. The van der Waals surface area contributed by atoms with Gasteiger partial charge in [0.1, 0.15) is 12.4 Å². The molecule has 7 nitrogen and oxygen atoms in total. The molecule has 1 aromatic carbocycles. The van der Waals surface area contributed by atoms with Crippen molar-refractivity contribution in [2.75, 3.05) is 26.0 Å². The predicted molar refractivity (Wildman–Crippen MR) is 101 cm³/mol. The average Bonchev–Trinajstić information content (AvgIpc) is 3.17. The van der Waals surface area contributed by atoms with E-state index in [1.165, 1.54) is 6.26 Å². The van der Waals surface area contributed by atoms with E-state index in [-0.39, 0.29) is 22.6 Å². The number of nitrogens with zero attached hydrogens (tertiary/aromatic N) is 3. The van der Waals surface area contributed by atoms with Gasteiger partial charge in [-0.3, -0.25) is 4.79 Å². The zero-order valence-electron chi connectivity index (χ0n) is 14.8. The SMILES string of the molecule is CS(=O)(=O)c1snnc1C1CCN(C(=O)C2=Cc3ccccc3OC2)CC1. The van der Waals surface area contributed by atoms with Gasteiger partial charge in [0.05, 0.1) is 11.3 Å². The number of hydrogen-bond donors (Lipinski definition) is 0. The second kappa shape index (κ2) is 7.05. The molecular formula is C18H19N3O4S2. The smallest absolute Gasteiger partial charge is 0.253 e. The summed E-state index contributed by atoms with van der Waals surface area (Å²) in [6, 6.07) is 7.64. The van der Waals surface area contributed by atoms with Crippen LogP contribution in [0.15, 0.2) is 34.0 Å². The van der Waals surface area contributed by atoms with Gasteiger partial charge in [0.15, 0.2) is 14.0 Å². The normalized spacial score (nSPS) is 17.8. The van der Waals surface area contributed by atoms with Crippen LogP contribution in [0.5, 0.6) is 5.75 Å². The van der Waals surface area contributed by atoms with E-state index in [9.17, 15) is 13.2 Å². The topological polar surface area (TPSA) is 89.5 Å². The Morgan fingerprint density at radius 2 is 2.00 bits per heavy atom. The summed E-state index contributed by atoms with van der Waals surface area (Å²) in [6.07, 6.45) is 4.41. The third kappa shape index (κ3) is 3.61. The Bertz CT molecular complexity index is 1010. The third-order valence-corrected chi connectivity index (χ3v) is 7.45. The zero-order chi connectivity index (χ0) is 19.0. The Labute approximate surface area is 161 Å². The summed E-state index contributed by atoms with van der Waals surface area (Å²) in [5.41, 5.74) is 2.09. The van der Waals surface area contributed by atoms with Gasteiger partial charge in [0.25, 0.3) is 5.91 Å². The maximum absolute atomic E-state index is 12.8. The molecule has 2 aliphatic rings. The molecule has 0 N–H and O–H groups in total. The molecular weight excluding hydrogens is 386 g/mol. The molecule has 1 fully saturated rings. The van der Waals surface area contributed by atoms with E-state index in [4.69, 9.17) is 4.74 Å². The van der Waals surface area contributed by atoms with Gasteiger partial charge in [0, 0.05) is 42.4 Å². The zero-order valence-corrected chi connectivity index (χ0v) is 16.4. The summed E-state index contributed by atoms with van der Waals surface area (Å²) >= 11 is 0.918. The lowest BCUT2D eigenvalue weighted by molar-refractivity contribution is -0.128. The van der Waals surface area contributed by atoms with Crippen LogP contribution in [0.3, 0.4) is 0 Å². The average molecular weight is 406 g/mol. The largest absolute Gasteiger partial charge is 0.488 e. The fourth-order valence-corrected chi connectivity index (χ4v) is 5.23. The van der Waals surface area contributed by atoms with Crippen molar-refractivity contribution < 1.29 is 17.9 Å². The molecule has 0 radical (unpaired) electrons. The quantitative estimate of drug-likeness (QED) is 0.777. The van der Waals surface area contributed by atoms with Crippen LogP contribution in [0.4, 0.5) is 0 Å². The van der Waals surface area contributed by atoms with Gasteiger partial charge in [-0.1, -0.05) is 22.7 Å². The first-order chi connectivity index (χ1) is 12.9. The van der Waals surface area contributed by atoms with Crippen LogP contribution in [-0.4, -0.2) is 54.8 Å². The highest BCUT2D eigenvalue weighted by Gasteiger charge is 2.31. The summed E-state index contributed by atoms with van der Waals surface area (Å²) in [7, 11) is -3.33. The molecule has 1 amide bonds. The first kappa shape index (κ1) is 18.1. The standard InChI is InChI=1S/C18H19N3O4S2/c1-27(23,24)18-16(19-20-26-18)12-6-8-21(9-7-12)17(22)14-10-13-4-2-3-5-15(13)25-11-14/h2-5,10,12H,6-9,11H2,1H3. The van der Waals surface area contributed by atoms with Crippen LogP contribution in [0.2, 0.25) is 0 Å². The molecule has 0 saturated carbocycles. The van der Waals surface area contributed by atoms with Crippen LogP contribution in [-0.2, 0) is 14.6 Å². The number of sulfone groups is 1. The molecule has 1 aromatic heterocycles. The molecule has 4 rings (SSSR count). The monoisotopic (exact) mass is 405 g/mol. The van der Waals surface area contributed by atoms with E-state index in [1.54, 1.807) is 4.90 Å². The summed E-state index contributed by atoms with van der Waals surface area (Å²) in [5.74, 6) is 0.773. The number of piperidine rings is 1. The van der Waals surface area contributed by atoms with E-state index in [2.05, 4.69) is 9.59 Å². The van der Waals surface area contributed by atoms with E-state index in [1.807, 2.05) is 30.3 Å². The molecule has 2 aliphatic heterocycles. The number of rotatable bonds is 3. The van der Waals surface area contributed by atoms with Crippen molar-refractivity contribution >= 4 is 33.4 Å². The number of hydrogen-bond acceptors (Lipinski definition) is 7. The van der Waals surface area contributed by atoms with Gasteiger partial charge >= 0.3 is 0 Å². The Kier molecular flexibility index (Phi) is 4.73. The highest BCUT2D eigenvalue weighted by atomic mass is 32.2. The Morgan fingerprint density at radius 3 is 2.74 bits per heavy atom. The van der Waals surface area contributed by atoms with Crippen molar-refractivity contribution in [3.63, 3.8) is 0 Å². The van der Waals surface area contributed by atoms with Crippen molar-refractivity contribution in [1.29, 1.82) is 0 Å². The lowest BCUT2D eigenvalue weighted by Crippen LogP contribution is -2.40. The number of para-hydroxylation sites is 1. The molecule has 0 spiro atoms. The lowest BCUT2D eigenvalue weighted by atomic mass is 9.93. The van der Waals surface area contributed by atoms with Crippen LogP contribution >= 0.6 is 11.5 Å². The highest BCUT2D eigenvalue weighted by molar-refractivity contribution is 7.92. The Hall–Kier alpha value is -2.26. The first-order valence-electron chi connectivity index (χ1n) is 8.67. The van der Waals surface area contributed by atoms with Crippen molar-refractivity contribution in [3.05, 3.63) is 41.1 Å². The maximum Gasteiger partial charge on any atom is 0.253 e. The van der Waals surface area contributed by atoms with Crippen molar-refractivity contribution in [2.45, 2.75) is 23.0 Å². The number of benzene rings is 1. The van der Waals surface area contributed by atoms with Crippen LogP contribution < -0.4 is 4.74 Å². The molecule has 27 heavy (non-hydrogen) atoms. The van der Waals surface area contributed by atoms with E-state index in [0.29, 0.717) is 37.2 Å². The minimum atomic E-state index is -3.33. The van der Waals surface area contributed by atoms with E-state index >= 15 is 0 Å². The number of fused-ring (bicyclic) bond motifs is 1. The molecule has 142 valence electrons.